The van der Waals surface area contributed by atoms with E-state index in [1.165, 1.54) is 12.1 Å². The molecule has 45 valence electrons. The summed E-state index contributed by atoms with van der Waals surface area (Å²) in [5.74, 6) is -0.340. The zero-order chi connectivity index (χ0) is 6.69. The summed E-state index contributed by atoms with van der Waals surface area (Å²) < 4.78 is 12.5. The van der Waals surface area contributed by atoms with E-state index >= 15 is 0 Å². The second-order valence-electron chi connectivity index (χ2n) is 1.64. The van der Waals surface area contributed by atoms with Crippen molar-refractivity contribution >= 4 is 6.08 Å². The predicted molar refractivity (Wildman–Crippen MR) is 35.3 cm³/mol. The van der Waals surface area contributed by atoms with Crippen LogP contribution in [0.3, 0.4) is 0 Å². The quantitative estimate of drug-likeness (QED) is 0.534. The van der Waals surface area contributed by atoms with E-state index in [0.29, 0.717) is 5.56 Å². The largest absolute Gasteiger partial charge is 0.206 e. The van der Waals surface area contributed by atoms with Crippen LogP contribution in [0.5, 0.6) is 0 Å². The van der Waals surface area contributed by atoms with Gasteiger partial charge in [0, 0.05) is 11.6 Å². The first kappa shape index (κ1) is 6.02. The number of halogens is 1. The fourth-order valence-corrected chi connectivity index (χ4v) is 0.587. The number of benzene rings is 1. The lowest BCUT2D eigenvalue weighted by atomic mass is 10.2. The molecule has 0 aliphatic heterocycles. The molecule has 1 aromatic rings. The second-order valence-corrected chi connectivity index (χ2v) is 1.64. The smallest absolute Gasteiger partial charge is 0.138 e. The molecule has 0 aliphatic carbocycles. The van der Waals surface area contributed by atoms with Crippen LogP contribution in [0.4, 0.5) is 4.39 Å². The fourth-order valence-electron chi connectivity index (χ4n) is 0.587. The summed E-state index contributed by atoms with van der Waals surface area (Å²) in [5.41, 5.74) is 0.498. The van der Waals surface area contributed by atoms with Crippen molar-refractivity contribution in [1.82, 2.24) is 0 Å². The maximum Gasteiger partial charge on any atom is 0.138 e. The lowest BCUT2D eigenvalue weighted by Crippen LogP contribution is -1.77. The Morgan fingerprint density at radius 2 is 2.44 bits per heavy atom. The molecule has 0 fully saturated rings. The standard InChI is InChI=1S/C8H6F/c1-2-7-5-3-4-6-8(7)9/h2-5H,1H2. The van der Waals surface area contributed by atoms with E-state index in [1.54, 1.807) is 12.1 Å². The van der Waals surface area contributed by atoms with E-state index in [0.717, 1.165) is 0 Å². The van der Waals surface area contributed by atoms with E-state index in [9.17, 15) is 4.39 Å². The highest BCUT2D eigenvalue weighted by Crippen LogP contribution is 2.05. The van der Waals surface area contributed by atoms with Crippen molar-refractivity contribution in [1.29, 1.82) is 0 Å². The van der Waals surface area contributed by atoms with Crippen molar-refractivity contribution in [2.75, 3.05) is 0 Å². The molecule has 1 rings (SSSR count). The minimum Gasteiger partial charge on any atom is -0.206 e. The minimum atomic E-state index is -0.340. The molecule has 0 aromatic heterocycles. The molecule has 0 spiro atoms. The third-order valence-corrected chi connectivity index (χ3v) is 1.06. The van der Waals surface area contributed by atoms with E-state index in [-0.39, 0.29) is 5.82 Å². The first-order chi connectivity index (χ1) is 4.34. The molecule has 0 N–H and O–H groups in total. The molecule has 0 unspecified atom stereocenters. The first-order valence-electron chi connectivity index (χ1n) is 2.63. The van der Waals surface area contributed by atoms with Crippen LogP contribution >= 0.6 is 0 Å². The SMILES string of the molecule is C=Cc1ccc[c]c1F. The van der Waals surface area contributed by atoms with Gasteiger partial charge < -0.3 is 0 Å². The van der Waals surface area contributed by atoms with Gasteiger partial charge in [-0.3, -0.25) is 0 Å². The molecule has 1 radical (unpaired) electrons. The molecular formula is C8H6F. The van der Waals surface area contributed by atoms with Gasteiger partial charge in [0.1, 0.15) is 5.82 Å². The van der Waals surface area contributed by atoms with Crippen LogP contribution in [0.2, 0.25) is 0 Å². The number of hydrogen-bond acceptors (Lipinski definition) is 0. The molecule has 9 heavy (non-hydrogen) atoms. The van der Waals surface area contributed by atoms with E-state index in [4.69, 9.17) is 0 Å². The Labute approximate surface area is 53.6 Å². The Hall–Kier alpha value is -1.11. The molecule has 0 atom stereocenters. The van der Waals surface area contributed by atoms with Crippen molar-refractivity contribution in [3.8, 4) is 0 Å². The maximum atomic E-state index is 12.5. The summed E-state index contributed by atoms with van der Waals surface area (Å²) in [7, 11) is 0. The van der Waals surface area contributed by atoms with Gasteiger partial charge in [0.15, 0.2) is 0 Å². The maximum absolute atomic E-state index is 12.5. The second kappa shape index (κ2) is 2.44. The van der Waals surface area contributed by atoms with E-state index < -0.39 is 0 Å². The third-order valence-electron chi connectivity index (χ3n) is 1.06. The molecule has 0 bridgehead atoms. The third kappa shape index (κ3) is 1.17. The van der Waals surface area contributed by atoms with Gasteiger partial charge in [-0.2, -0.15) is 0 Å². The summed E-state index contributed by atoms with van der Waals surface area (Å²) >= 11 is 0. The summed E-state index contributed by atoms with van der Waals surface area (Å²) in [6.07, 6.45) is 1.46. The monoisotopic (exact) mass is 121 g/mol. The summed E-state index contributed by atoms with van der Waals surface area (Å²) in [4.78, 5) is 0. The average Bonchev–Trinajstić information content (AvgIpc) is 1.89. The average molecular weight is 121 g/mol. The highest BCUT2D eigenvalue weighted by atomic mass is 19.1. The minimum absolute atomic E-state index is 0.340. The van der Waals surface area contributed by atoms with Crippen molar-refractivity contribution in [2.45, 2.75) is 0 Å². The van der Waals surface area contributed by atoms with Crippen LogP contribution in [0.1, 0.15) is 5.56 Å². The van der Waals surface area contributed by atoms with Crippen LogP contribution < -0.4 is 0 Å². The normalized spacial score (nSPS) is 9.00. The Morgan fingerprint density at radius 3 is 2.89 bits per heavy atom. The molecule has 0 nitrogen and oxygen atoms in total. The Bertz CT molecular complexity index is 216. The number of rotatable bonds is 1. The van der Waals surface area contributed by atoms with Gasteiger partial charge in [0.05, 0.1) is 0 Å². The van der Waals surface area contributed by atoms with Gasteiger partial charge in [-0.25, -0.2) is 4.39 Å². The lowest BCUT2D eigenvalue weighted by molar-refractivity contribution is 0.623. The van der Waals surface area contributed by atoms with Crippen molar-refractivity contribution in [2.24, 2.45) is 0 Å². The van der Waals surface area contributed by atoms with Crippen molar-refractivity contribution < 1.29 is 4.39 Å². The Balaban J connectivity index is 3.15. The van der Waals surface area contributed by atoms with Gasteiger partial charge in [0.25, 0.3) is 0 Å². The van der Waals surface area contributed by atoms with Crippen molar-refractivity contribution in [3.05, 3.63) is 42.2 Å². The van der Waals surface area contributed by atoms with Crippen LogP contribution in [0.15, 0.2) is 24.8 Å². The van der Waals surface area contributed by atoms with Crippen LogP contribution in [0, 0.1) is 11.9 Å². The van der Waals surface area contributed by atoms with Crippen molar-refractivity contribution in [3.63, 3.8) is 0 Å². The van der Waals surface area contributed by atoms with Crippen LogP contribution in [0.25, 0.3) is 6.08 Å². The zero-order valence-corrected chi connectivity index (χ0v) is 4.89. The number of hydrogen-bond donors (Lipinski definition) is 0. The zero-order valence-electron chi connectivity index (χ0n) is 4.89. The Morgan fingerprint density at radius 1 is 1.67 bits per heavy atom. The lowest BCUT2D eigenvalue weighted by Gasteiger charge is -1.90. The predicted octanol–water partition coefficient (Wildman–Crippen LogP) is 2.27. The van der Waals surface area contributed by atoms with E-state index in [2.05, 4.69) is 12.6 Å². The fraction of sp³-hybridized carbons (Fsp3) is 0. The summed E-state index contributed by atoms with van der Waals surface area (Å²) in [6.45, 7) is 3.43. The molecule has 1 aromatic carbocycles. The summed E-state index contributed by atoms with van der Waals surface area (Å²) in [6, 6.07) is 7.32. The highest BCUT2D eigenvalue weighted by Gasteiger charge is 1.92. The van der Waals surface area contributed by atoms with E-state index in [1.807, 2.05) is 0 Å². The molecular weight excluding hydrogens is 115 g/mol. The van der Waals surface area contributed by atoms with Gasteiger partial charge in [-0.15, -0.1) is 0 Å². The topological polar surface area (TPSA) is 0 Å². The van der Waals surface area contributed by atoms with Crippen LogP contribution in [-0.4, -0.2) is 0 Å². The summed E-state index contributed by atoms with van der Waals surface area (Å²) in [5, 5.41) is 0. The van der Waals surface area contributed by atoms with Gasteiger partial charge in [-0.1, -0.05) is 30.9 Å². The molecule has 0 saturated carbocycles. The highest BCUT2D eigenvalue weighted by molar-refractivity contribution is 5.46. The molecule has 0 saturated heterocycles. The van der Waals surface area contributed by atoms with Gasteiger partial charge in [-0.05, 0) is 0 Å². The molecule has 1 heteroatoms. The van der Waals surface area contributed by atoms with Crippen LogP contribution in [-0.2, 0) is 0 Å². The first-order valence-corrected chi connectivity index (χ1v) is 2.63. The molecule has 0 amide bonds. The molecule has 0 aliphatic rings. The Kier molecular flexibility index (Phi) is 1.63. The van der Waals surface area contributed by atoms with Gasteiger partial charge >= 0.3 is 0 Å². The van der Waals surface area contributed by atoms with Gasteiger partial charge in [0.2, 0.25) is 0 Å². The molecule has 0 heterocycles.